The van der Waals surface area contributed by atoms with E-state index < -0.39 is 30.4 Å². The number of rotatable bonds is 11. The number of ether oxygens (including phenoxy) is 1. The van der Waals surface area contributed by atoms with Crippen molar-refractivity contribution in [3.63, 3.8) is 0 Å². The minimum absolute atomic E-state index is 0.000853. The Morgan fingerprint density at radius 2 is 1.56 bits per heavy atom. The van der Waals surface area contributed by atoms with Gasteiger partial charge in [-0.2, -0.15) is 0 Å². The van der Waals surface area contributed by atoms with E-state index in [0.717, 1.165) is 22.3 Å². The number of hydrogen-bond acceptors (Lipinski definition) is 6. The molecule has 1 aliphatic carbocycles. The van der Waals surface area contributed by atoms with Crippen LogP contribution in [0, 0.1) is 0 Å². The number of alkyl carbamates (subject to hydrolysis) is 1. The standard InChI is InChI=1S/C25H31N3O6/c1-27(13-14-29)11-12-28(2)24(32)22(15-23(30)31)26-25(33)34-16-21-19-9-5-3-7-17(19)18-8-4-6-10-20(18)21/h3-10,21-22,29H,11-16H2,1-2H3,(H,26,33)(H,30,31). The number of nitrogens with one attached hydrogen (secondary N) is 1. The Hall–Kier alpha value is -3.43. The number of aliphatic hydroxyl groups is 1. The normalized spacial score (nSPS) is 13.2. The van der Waals surface area contributed by atoms with E-state index in [1.807, 2.05) is 53.4 Å². The minimum Gasteiger partial charge on any atom is -0.481 e. The first kappa shape index (κ1) is 25.2. The summed E-state index contributed by atoms with van der Waals surface area (Å²) in [6.45, 7) is 1.33. The maximum atomic E-state index is 12.8. The topological polar surface area (TPSA) is 119 Å². The van der Waals surface area contributed by atoms with Gasteiger partial charge in [-0.05, 0) is 29.3 Å². The number of aliphatic hydroxyl groups excluding tert-OH is 1. The van der Waals surface area contributed by atoms with Gasteiger partial charge in [0.15, 0.2) is 0 Å². The molecule has 3 N–H and O–H groups in total. The second-order valence-corrected chi connectivity index (χ2v) is 8.41. The van der Waals surface area contributed by atoms with Crippen LogP contribution in [0.3, 0.4) is 0 Å². The van der Waals surface area contributed by atoms with Gasteiger partial charge in [-0.3, -0.25) is 9.59 Å². The van der Waals surface area contributed by atoms with Crippen molar-refractivity contribution in [2.45, 2.75) is 18.4 Å². The number of fused-ring (bicyclic) bond motifs is 3. The van der Waals surface area contributed by atoms with E-state index in [-0.39, 0.29) is 19.1 Å². The summed E-state index contributed by atoms with van der Waals surface area (Å²) >= 11 is 0. The lowest BCUT2D eigenvalue weighted by Gasteiger charge is -2.25. The lowest BCUT2D eigenvalue weighted by Crippen LogP contribution is -2.50. The molecule has 2 amide bonds. The van der Waals surface area contributed by atoms with Crippen LogP contribution in [0.1, 0.15) is 23.5 Å². The Labute approximate surface area is 198 Å². The van der Waals surface area contributed by atoms with Gasteiger partial charge in [0, 0.05) is 32.6 Å². The van der Waals surface area contributed by atoms with Crippen LogP contribution in [0.25, 0.3) is 11.1 Å². The molecule has 1 unspecified atom stereocenters. The molecule has 0 saturated heterocycles. The number of hydrogen-bond donors (Lipinski definition) is 3. The monoisotopic (exact) mass is 469 g/mol. The molecule has 0 fully saturated rings. The van der Waals surface area contributed by atoms with Crippen LogP contribution in [0.2, 0.25) is 0 Å². The van der Waals surface area contributed by atoms with E-state index >= 15 is 0 Å². The molecule has 0 aliphatic heterocycles. The van der Waals surface area contributed by atoms with Crippen LogP contribution in [-0.2, 0) is 14.3 Å². The van der Waals surface area contributed by atoms with Crippen molar-refractivity contribution < 1.29 is 29.3 Å². The number of amides is 2. The molecule has 9 nitrogen and oxygen atoms in total. The van der Waals surface area contributed by atoms with Crippen molar-refractivity contribution in [2.75, 3.05) is 46.9 Å². The first-order chi connectivity index (χ1) is 16.3. The molecule has 34 heavy (non-hydrogen) atoms. The molecule has 182 valence electrons. The van der Waals surface area contributed by atoms with Gasteiger partial charge in [-0.15, -0.1) is 0 Å². The summed E-state index contributed by atoms with van der Waals surface area (Å²) in [6.07, 6.45) is -1.40. The van der Waals surface area contributed by atoms with Crippen molar-refractivity contribution in [3.8, 4) is 11.1 Å². The minimum atomic E-state index is -1.25. The van der Waals surface area contributed by atoms with Gasteiger partial charge in [0.05, 0.1) is 13.0 Å². The van der Waals surface area contributed by atoms with Crippen molar-refractivity contribution in [1.82, 2.24) is 15.1 Å². The summed E-state index contributed by atoms with van der Waals surface area (Å²) in [5.41, 5.74) is 4.31. The predicted molar refractivity (Wildman–Crippen MR) is 126 cm³/mol. The van der Waals surface area contributed by atoms with Crippen molar-refractivity contribution in [3.05, 3.63) is 59.7 Å². The SMILES string of the molecule is CN(CCO)CCN(C)C(=O)C(CC(=O)O)NC(=O)OCC1c2ccccc2-c2ccccc21. The molecule has 1 aliphatic rings. The number of carboxylic acids is 1. The lowest BCUT2D eigenvalue weighted by molar-refractivity contribution is -0.142. The predicted octanol–water partition coefficient (Wildman–Crippen LogP) is 1.75. The van der Waals surface area contributed by atoms with E-state index in [1.165, 1.54) is 4.90 Å². The van der Waals surface area contributed by atoms with Gasteiger partial charge < -0.3 is 30.1 Å². The highest BCUT2D eigenvalue weighted by molar-refractivity contribution is 5.89. The first-order valence-corrected chi connectivity index (χ1v) is 11.2. The molecule has 0 spiro atoms. The number of carbonyl (C=O) groups is 3. The van der Waals surface area contributed by atoms with Gasteiger partial charge in [0.25, 0.3) is 0 Å². The summed E-state index contributed by atoms with van der Waals surface area (Å²) in [6, 6.07) is 14.6. The smallest absolute Gasteiger partial charge is 0.407 e. The fourth-order valence-corrected chi connectivity index (χ4v) is 4.14. The van der Waals surface area contributed by atoms with Crippen LogP contribution >= 0.6 is 0 Å². The lowest BCUT2D eigenvalue weighted by atomic mass is 9.98. The van der Waals surface area contributed by atoms with E-state index in [0.29, 0.717) is 19.6 Å². The Morgan fingerprint density at radius 3 is 2.12 bits per heavy atom. The maximum absolute atomic E-state index is 12.8. The number of nitrogens with zero attached hydrogens (tertiary/aromatic N) is 2. The second-order valence-electron chi connectivity index (χ2n) is 8.41. The second kappa shape index (κ2) is 11.6. The van der Waals surface area contributed by atoms with Crippen molar-refractivity contribution in [1.29, 1.82) is 0 Å². The molecule has 0 aromatic heterocycles. The van der Waals surface area contributed by atoms with Crippen LogP contribution in [-0.4, -0.2) is 91.0 Å². The number of aliphatic carboxylic acids is 1. The zero-order valence-electron chi connectivity index (χ0n) is 19.4. The van der Waals surface area contributed by atoms with Crippen LogP contribution in [0.5, 0.6) is 0 Å². The zero-order chi connectivity index (χ0) is 24.7. The number of carbonyl (C=O) groups excluding carboxylic acids is 2. The van der Waals surface area contributed by atoms with Gasteiger partial charge in [0.2, 0.25) is 5.91 Å². The molecule has 0 radical (unpaired) electrons. The number of carboxylic acid groups (broad SMARTS) is 1. The molecular weight excluding hydrogens is 438 g/mol. The third-order valence-electron chi connectivity index (χ3n) is 5.99. The Morgan fingerprint density at radius 1 is 0.971 bits per heavy atom. The molecule has 0 bridgehead atoms. The molecule has 3 rings (SSSR count). The summed E-state index contributed by atoms with van der Waals surface area (Å²) in [5.74, 6) is -1.87. The number of benzene rings is 2. The van der Waals surface area contributed by atoms with Crippen LogP contribution in [0.4, 0.5) is 4.79 Å². The van der Waals surface area contributed by atoms with E-state index in [2.05, 4.69) is 5.32 Å². The molecule has 2 aromatic rings. The molecular formula is C25H31N3O6. The molecule has 1 atom stereocenters. The summed E-state index contributed by atoms with van der Waals surface area (Å²) in [4.78, 5) is 39.9. The first-order valence-electron chi connectivity index (χ1n) is 11.2. The number of likely N-dealkylation sites (N-methyl/N-ethyl adjacent to an activating group) is 2. The zero-order valence-corrected chi connectivity index (χ0v) is 19.4. The van der Waals surface area contributed by atoms with Gasteiger partial charge in [-0.1, -0.05) is 48.5 Å². The summed E-state index contributed by atoms with van der Waals surface area (Å²) in [7, 11) is 3.35. The highest BCUT2D eigenvalue weighted by Gasteiger charge is 2.31. The van der Waals surface area contributed by atoms with Crippen LogP contribution in [0.15, 0.2) is 48.5 Å². The van der Waals surface area contributed by atoms with Gasteiger partial charge in [0.1, 0.15) is 12.6 Å². The third kappa shape index (κ3) is 6.12. The summed E-state index contributed by atoms with van der Waals surface area (Å²) in [5, 5.41) is 20.7. The Bertz CT molecular complexity index is 982. The maximum Gasteiger partial charge on any atom is 0.407 e. The third-order valence-corrected chi connectivity index (χ3v) is 5.99. The molecule has 0 saturated carbocycles. The average Bonchev–Trinajstić information content (AvgIpc) is 3.14. The van der Waals surface area contributed by atoms with E-state index in [1.54, 1.807) is 14.1 Å². The fourth-order valence-electron chi connectivity index (χ4n) is 4.14. The van der Waals surface area contributed by atoms with Gasteiger partial charge >= 0.3 is 12.1 Å². The van der Waals surface area contributed by atoms with E-state index in [4.69, 9.17) is 9.84 Å². The highest BCUT2D eigenvalue weighted by atomic mass is 16.5. The quantitative estimate of drug-likeness (QED) is 0.459. The molecule has 0 heterocycles. The van der Waals surface area contributed by atoms with Crippen molar-refractivity contribution >= 4 is 18.0 Å². The largest absolute Gasteiger partial charge is 0.481 e. The van der Waals surface area contributed by atoms with Crippen LogP contribution < -0.4 is 5.32 Å². The molecule has 9 heteroatoms. The van der Waals surface area contributed by atoms with E-state index in [9.17, 15) is 19.5 Å². The van der Waals surface area contributed by atoms with Crippen molar-refractivity contribution in [2.24, 2.45) is 0 Å². The Balaban J connectivity index is 1.62. The fraction of sp³-hybridized carbons (Fsp3) is 0.400. The van der Waals surface area contributed by atoms with Gasteiger partial charge in [-0.25, -0.2) is 4.79 Å². The molecule has 2 aromatic carbocycles. The highest BCUT2D eigenvalue weighted by Crippen LogP contribution is 2.44. The Kier molecular flexibility index (Phi) is 8.61. The average molecular weight is 470 g/mol. The summed E-state index contributed by atoms with van der Waals surface area (Å²) < 4.78 is 5.46.